The molecule has 1 saturated heterocycles. The van der Waals surface area contributed by atoms with Gasteiger partial charge in [0, 0.05) is 25.3 Å². The molecule has 1 unspecified atom stereocenters. The molecule has 0 bridgehead atoms. The Labute approximate surface area is 91.1 Å². The van der Waals surface area contributed by atoms with Crippen molar-refractivity contribution in [1.82, 2.24) is 14.5 Å². The Hall–Kier alpha value is -0.870. The molecule has 15 heavy (non-hydrogen) atoms. The van der Waals surface area contributed by atoms with Crippen molar-refractivity contribution in [3.8, 4) is 0 Å². The van der Waals surface area contributed by atoms with Crippen molar-refractivity contribution < 1.29 is 0 Å². The molecule has 2 N–H and O–H groups in total. The predicted molar refractivity (Wildman–Crippen MR) is 60.5 cm³/mol. The minimum Gasteiger partial charge on any atom is -0.332 e. The van der Waals surface area contributed by atoms with Crippen molar-refractivity contribution in [1.29, 1.82) is 0 Å². The van der Waals surface area contributed by atoms with Crippen LogP contribution in [0.15, 0.2) is 12.5 Å². The average molecular weight is 208 g/mol. The topological polar surface area (TPSA) is 47.1 Å². The summed E-state index contributed by atoms with van der Waals surface area (Å²) in [6.45, 7) is 6.64. The van der Waals surface area contributed by atoms with Gasteiger partial charge in [-0.15, -0.1) is 0 Å². The van der Waals surface area contributed by atoms with E-state index in [1.807, 2.05) is 19.4 Å². The van der Waals surface area contributed by atoms with Gasteiger partial charge in [0.05, 0.1) is 12.0 Å². The molecule has 4 nitrogen and oxygen atoms in total. The van der Waals surface area contributed by atoms with Gasteiger partial charge < -0.3 is 15.2 Å². The van der Waals surface area contributed by atoms with Gasteiger partial charge in [0.25, 0.3) is 0 Å². The fraction of sp³-hybridized carbons (Fsp3) is 0.727. The first kappa shape index (κ1) is 10.6. The van der Waals surface area contributed by atoms with Gasteiger partial charge in [-0.05, 0) is 32.9 Å². The van der Waals surface area contributed by atoms with E-state index in [4.69, 9.17) is 5.73 Å². The number of likely N-dealkylation sites (tertiary alicyclic amines) is 1. The molecule has 1 aromatic rings. The van der Waals surface area contributed by atoms with Crippen molar-refractivity contribution in [2.75, 3.05) is 19.6 Å². The third-order valence-corrected chi connectivity index (χ3v) is 3.07. The summed E-state index contributed by atoms with van der Waals surface area (Å²) in [5, 5.41) is 0. The monoisotopic (exact) mass is 208 g/mol. The van der Waals surface area contributed by atoms with Crippen LogP contribution >= 0.6 is 0 Å². The standard InChI is InChI=1S/C11H20N4/c1-10(12)11-8-13-9-15(11)7-6-14-4-2-3-5-14/h8-10H,2-7,12H2,1H3. The van der Waals surface area contributed by atoms with E-state index in [9.17, 15) is 0 Å². The van der Waals surface area contributed by atoms with Gasteiger partial charge in [-0.3, -0.25) is 0 Å². The smallest absolute Gasteiger partial charge is 0.0949 e. The van der Waals surface area contributed by atoms with E-state index in [2.05, 4.69) is 14.5 Å². The zero-order chi connectivity index (χ0) is 10.7. The quantitative estimate of drug-likeness (QED) is 0.803. The van der Waals surface area contributed by atoms with Crippen molar-refractivity contribution in [2.24, 2.45) is 5.73 Å². The minimum absolute atomic E-state index is 0.0751. The maximum Gasteiger partial charge on any atom is 0.0949 e. The third kappa shape index (κ3) is 2.58. The lowest BCUT2D eigenvalue weighted by molar-refractivity contribution is 0.320. The van der Waals surface area contributed by atoms with E-state index >= 15 is 0 Å². The third-order valence-electron chi connectivity index (χ3n) is 3.07. The Balaban J connectivity index is 1.89. The van der Waals surface area contributed by atoms with Gasteiger partial charge >= 0.3 is 0 Å². The van der Waals surface area contributed by atoms with Crippen LogP contribution in [0.4, 0.5) is 0 Å². The first-order valence-corrected chi connectivity index (χ1v) is 5.75. The van der Waals surface area contributed by atoms with Gasteiger partial charge in [0.15, 0.2) is 0 Å². The number of aromatic nitrogens is 2. The molecule has 2 heterocycles. The minimum atomic E-state index is 0.0751. The summed E-state index contributed by atoms with van der Waals surface area (Å²) in [4.78, 5) is 6.66. The van der Waals surface area contributed by atoms with Crippen LogP contribution in [0.25, 0.3) is 0 Å². The number of nitrogens with two attached hydrogens (primary N) is 1. The highest BCUT2D eigenvalue weighted by molar-refractivity contribution is 5.03. The first-order chi connectivity index (χ1) is 7.27. The molecule has 0 spiro atoms. The lowest BCUT2D eigenvalue weighted by atomic mass is 10.3. The van der Waals surface area contributed by atoms with Crippen LogP contribution in [0.3, 0.4) is 0 Å². The molecule has 1 aliphatic heterocycles. The Kier molecular flexibility index (Phi) is 3.38. The van der Waals surface area contributed by atoms with E-state index in [1.54, 1.807) is 0 Å². The van der Waals surface area contributed by atoms with Gasteiger partial charge in [0.1, 0.15) is 0 Å². The number of hydrogen-bond donors (Lipinski definition) is 1. The van der Waals surface area contributed by atoms with Crippen LogP contribution in [0.1, 0.15) is 31.5 Å². The highest BCUT2D eigenvalue weighted by Gasteiger charge is 2.12. The lowest BCUT2D eigenvalue weighted by Gasteiger charge is -2.16. The molecular weight excluding hydrogens is 188 g/mol. The SMILES string of the molecule is CC(N)c1cncn1CCN1CCCC1. The van der Waals surface area contributed by atoms with Gasteiger partial charge in [-0.1, -0.05) is 0 Å². The van der Waals surface area contributed by atoms with Crippen LogP contribution < -0.4 is 5.73 Å². The first-order valence-electron chi connectivity index (χ1n) is 5.75. The molecule has 1 aromatic heterocycles. The van der Waals surface area contributed by atoms with Crippen molar-refractivity contribution in [3.63, 3.8) is 0 Å². The maximum atomic E-state index is 5.87. The van der Waals surface area contributed by atoms with E-state index < -0.39 is 0 Å². The van der Waals surface area contributed by atoms with Crippen molar-refractivity contribution in [3.05, 3.63) is 18.2 Å². The number of rotatable bonds is 4. The molecule has 4 heteroatoms. The zero-order valence-electron chi connectivity index (χ0n) is 9.39. The number of hydrogen-bond acceptors (Lipinski definition) is 3. The molecule has 1 fully saturated rings. The predicted octanol–water partition coefficient (Wildman–Crippen LogP) is 0.999. The number of imidazole rings is 1. The molecule has 0 radical (unpaired) electrons. The van der Waals surface area contributed by atoms with E-state index in [0.717, 1.165) is 18.8 Å². The Morgan fingerprint density at radius 1 is 1.40 bits per heavy atom. The van der Waals surface area contributed by atoms with Gasteiger partial charge in [-0.25, -0.2) is 4.98 Å². The largest absolute Gasteiger partial charge is 0.332 e. The molecule has 1 atom stereocenters. The second kappa shape index (κ2) is 4.77. The second-order valence-electron chi connectivity index (χ2n) is 4.35. The van der Waals surface area contributed by atoms with Crippen molar-refractivity contribution in [2.45, 2.75) is 32.4 Å². The van der Waals surface area contributed by atoms with Crippen LogP contribution in [0.5, 0.6) is 0 Å². The second-order valence-corrected chi connectivity index (χ2v) is 4.35. The Morgan fingerprint density at radius 3 is 2.80 bits per heavy atom. The highest BCUT2D eigenvalue weighted by Crippen LogP contribution is 2.10. The normalized spacial score (nSPS) is 19.6. The molecule has 0 amide bonds. The average Bonchev–Trinajstić information content (AvgIpc) is 2.86. The van der Waals surface area contributed by atoms with Gasteiger partial charge in [-0.2, -0.15) is 0 Å². The van der Waals surface area contributed by atoms with Gasteiger partial charge in [0.2, 0.25) is 0 Å². The highest BCUT2D eigenvalue weighted by atomic mass is 15.2. The summed E-state index contributed by atoms with van der Waals surface area (Å²) in [5.41, 5.74) is 7.00. The van der Waals surface area contributed by atoms with Crippen LogP contribution in [-0.2, 0) is 6.54 Å². The van der Waals surface area contributed by atoms with Crippen molar-refractivity contribution >= 4 is 0 Å². The maximum absolute atomic E-state index is 5.87. The molecule has 0 aromatic carbocycles. The lowest BCUT2D eigenvalue weighted by Crippen LogP contribution is -2.25. The molecular formula is C11H20N4. The summed E-state index contributed by atoms with van der Waals surface area (Å²) in [6.07, 6.45) is 6.46. The summed E-state index contributed by atoms with van der Waals surface area (Å²) >= 11 is 0. The van der Waals surface area contributed by atoms with Crippen LogP contribution in [0, 0.1) is 0 Å². The molecule has 0 aliphatic carbocycles. The fourth-order valence-electron chi connectivity index (χ4n) is 2.15. The molecule has 1 aliphatic rings. The fourth-order valence-corrected chi connectivity index (χ4v) is 2.15. The summed E-state index contributed by atoms with van der Waals surface area (Å²) in [5.74, 6) is 0. The Bertz CT molecular complexity index is 299. The van der Waals surface area contributed by atoms with Crippen LogP contribution in [-0.4, -0.2) is 34.1 Å². The zero-order valence-corrected chi connectivity index (χ0v) is 9.39. The van der Waals surface area contributed by atoms with E-state index in [0.29, 0.717) is 0 Å². The van der Waals surface area contributed by atoms with Crippen LogP contribution in [0.2, 0.25) is 0 Å². The Morgan fingerprint density at radius 2 is 2.13 bits per heavy atom. The number of nitrogens with zero attached hydrogens (tertiary/aromatic N) is 3. The summed E-state index contributed by atoms with van der Waals surface area (Å²) in [7, 11) is 0. The molecule has 2 rings (SSSR count). The summed E-state index contributed by atoms with van der Waals surface area (Å²) < 4.78 is 2.17. The van der Waals surface area contributed by atoms with E-state index in [1.165, 1.54) is 25.9 Å². The molecule has 84 valence electrons. The molecule has 0 saturated carbocycles. The van der Waals surface area contributed by atoms with E-state index in [-0.39, 0.29) is 6.04 Å². The summed E-state index contributed by atoms with van der Waals surface area (Å²) in [6, 6.07) is 0.0751.